The van der Waals surface area contributed by atoms with E-state index in [1.165, 1.54) is 15.6 Å². The SMILES string of the molecule is CNCc1ccc(-n2cnn(Cc3ccccc3Cl)c2=O)cc1. The average molecular weight is 329 g/mol. The van der Waals surface area contributed by atoms with Crippen molar-refractivity contribution >= 4 is 11.6 Å². The molecule has 0 spiro atoms. The monoisotopic (exact) mass is 328 g/mol. The van der Waals surface area contributed by atoms with Crippen LogP contribution >= 0.6 is 11.6 Å². The molecule has 5 nitrogen and oxygen atoms in total. The van der Waals surface area contributed by atoms with Crippen LogP contribution in [-0.2, 0) is 13.1 Å². The molecule has 2 aromatic carbocycles. The number of rotatable bonds is 5. The van der Waals surface area contributed by atoms with Crippen LogP contribution in [0.15, 0.2) is 59.7 Å². The van der Waals surface area contributed by atoms with Gasteiger partial charge < -0.3 is 5.32 Å². The number of nitrogens with one attached hydrogen (secondary N) is 1. The van der Waals surface area contributed by atoms with Crippen LogP contribution in [0.4, 0.5) is 0 Å². The van der Waals surface area contributed by atoms with Crippen molar-refractivity contribution in [2.24, 2.45) is 0 Å². The van der Waals surface area contributed by atoms with Gasteiger partial charge in [0.2, 0.25) is 0 Å². The molecule has 0 aliphatic heterocycles. The van der Waals surface area contributed by atoms with Gasteiger partial charge in [0.1, 0.15) is 6.33 Å². The second kappa shape index (κ2) is 6.81. The minimum absolute atomic E-state index is 0.189. The molecule has 0 bridgehead atoms. The Bertz CT molecular complexity index is 852. The first-order valence-corrected chi connectivity index (χ1v) is 7.68. The minimum Gasteiger partial charge on any atom is -0.316 e. The van der Waals surface area contributed by atoms with Crippen LogP contribution in [0.1, 0.15) is 11.1 Å². The molecule has 0 radical (unpaired) electrons. The van der Waals surface area contributed by atoms with Gasteiger partial charge >= 0.3 is 5.69 Å². The molecule has 3 aromatic rings. The van der Waals surface area contributed by atoms with Crippen molar-refractivity contribution in [1.29, 1.82) is 0 Å². The summed E-state index contributed by atoms with van der Waals surface area (Å²) in [7, 11) is 1.90. The first-order chi connectivity index (χ1) is 11.2. The van der Waals surface area contributed by atoms with Crippen molar-refractivity contribution in [2.45, 2.75) is 13.1 Å². The average Bonchev–Trinajstić information content (AvgIpc) is 2.92. The van der Waals surface area contributed by atoms with Crippen LogP contribution < -0.4 is 11.0 Å². The van der Waals surface area contributed by atoms with Gasteiger partial charge in [-0.25, -0.2) is 14.0 Å². The van der Waals surface area contributed by atoms with E-state index in [-0.39, 0.29) is 5.69 Å². The van der Waals surface area contributed by atoms with Gasteiger partial charge in [0, 0.05) is 11.6 Å². The lowest BCUT2D eigenvalue weighted by molar-refractivity contribution is 0.653. The molecule has 0 aliphatic carbocycles. The number of benzene rings is 2. The second-order valence-corrected chi connectivity index (χ2v) is 5.64. The normalized spacial score (nSPS) is 10.9. The highest BCUT2D eigenvalue weighted by Gasteiger charge is 2.09. The first-order valence-electron chi connectivity index (χ1n) is 7.31. The molecule has 0 unspecified atom stereocenters. The van der Waals surface area contributed by atoms with E-state index >= 15 is 0 Å². The molecule has 1 N–H and O–H groups in total. The van der Waals surface area contributed by atoms with Gasteiger partial charge in [-0.2, -0.15) is 5.10 Å². The predicted molar refractivity (Wildman–Crippen MR) is 91.1 cm³/mol. The molecular formula is C17H17ClN4O. The Hall–Kier alpha value is -2.37. The van der Waals surface area contributed by atoms with Crippen LogP contribution in [0.25, 0.3) is 5.69 Å². The van der Waals surface area contributed by atoms with Crippen LogP contribution in [0.3, 0.4) is 0 Å². The third-order valence-electron chi connectivity index (χ3n) is 3.61. The molecule has 6 heteroatoms. The van der Waals surface area contributed by atoms with E-state index in [0.717, 1.165) is 23.4 Å². The molecule has 1 aromatic heterocycles. The summed E-state index contributed by atoms with van der Waals surface area (Å²) in [6.07, 6.45) is 1.53. The fraction of sp³-hybridized carbons (Fsp3) is 0.176. The van der Waals surface area contributed by atoms with Gasteiger partial charge in [-0.15, -0.1) is 0 Å². The van der Waals surface area contributed by atoms with Gasteiger partial charge in [-0.05, 0) is 36.4 Å². The molecule has 0 aliphatic rings. The van der Waals surface area contributed by atoms with Crippen LogP contribution in [-0.4, -0.2) is 21.4 Å². The Morgan fingerprint density at radius 1 is 1.13 bits per heavy atom. The lowest BCUT2D eigenvalue weighted by Gasteiger charge is -2.04. The molecule has 0 atom stereocenters. The summed E-state index contributed by atoms with van der Waals surface area (Å²) in [4.78, 5) is 12.5. The van der Waals surface area contributed by atoms with Gasteiger partial charge in [0.05, 0.1) is 12.2 Å². The van der Waals surface area contributed by atoms with Crippen molar-refractivity contribution < 1.29 is 0 Å². The highest BCUT2D eigenvalue weighted by molar-refractivity contribution is 6.31. The number of nitrogens with zero attached hydrogens (tertiary/aromatic N) is 3. The molecular weight excluding hydrogens is 312 g/mol. The maximum Gasteiger partial charge on any atom is 0.350 e. The second-order valence-electron chi connectivity index (χ2n) is 5.23. The van der Waals surface area contributed by atoms with E-state index in [9.17, 15) is 4.79 Å². The molecule has 0 fully saturated rings. The van der Waals surface area contributed by atoms with Crippen molar-refractivity contribution in [2.75, 3.05) is 7.05 Å². The summed E-state index contributed by atoms with van der Waals surface area (Å²) < 4.78 is 2.93. The summed E-state index contributed by atoms with van der Waals surface area (Å²) in [5.41, 5.74) is 2.63. The van der Waals surface area contributed by atoms with Gasteiger partial charge in [-0.1, -0.05) is 41.9 Å². The van der Waals surface area contributed by atoms with Crippen LogP contribution in [0.5, 0.6) is 0 Å². The largest absolute Gasteiger partial charge is 0.350 e. The van der Waals surface area contributed by atoms with E-state index in [1.54, 1.807) is 6.07 Å². The lowest BCUT2D eigenvalue weighted by atomic mass is 10.2. The zero-order valence-electron chi connectivity index (χ0n) is 12.7. The minimum atomic E-state index is -0.189. The van der Waals surface area contributed by atoms with Crippen molar-refractivity contribution in [1.82, 2.24) is 19.7 Å². The third kappa shape index (κ3) is 3.36. The zero-order chi connectivity index (χ0) is 16.2. The first kappa shape index (κ1) is 15.5. The van der Waals surface area contributed by atoms with Gasteiger partial charge in [0.25, 0.3) is 0 Å². The van der Waals surface area contributed by atoms with Gasteiger partial charge in [-0.3, -0.25) is 0 Å². The van der Waals surface area contributed by atoms with Crippen molar-refractivity contribution in [3.8, 4) is 5.69 Å². The number of hydrogen-bond acceptors (Lipinski definition) is 3. The van der Waals surface area contributed by atoms with E-state index in [1.807, 2.05) is 49.5 Å². The lowest BCUT2D eigenvalue weighted by Crippen LogP contribution is -2.24. The highest BCUT2D eigenvalue weighted by Crippen LogP contribution is 2.15. The van der Waals surface area contributed by atoms with Crippen LogP contribution in [0, 0.1) is 0 Å². The van der Waals surface area contributed by atoms with Crippen LogP contribution in [0.2, 0.25) is 5.02 Å². The maximum atomic E-state index is 12.5. The fourth-order valence-electron chi connectivity index (χ4n) is 2.39. The van der Waals surface area contributed by atoms with E-state index in [4.69, 9.17) is 11.6 Å². The highest BCUT2D eigenvalue weighted by atomic mass is 35.5. The topological polar surface area (TPSA) is 51.9 Å². The Balaban J connectivity index is 1.87. The molecule has 3 rings (SSSR count). The molecule has 118 valence electrons. The zero-order valence-corrected chi connectivity index (χ0v) is 13.5. The summed E-state index contributed by atoms with van der Waals surface area (Å²) in [5, 5.41) is 7.91. The number of aromatic nitrogens is 3. The maximum absolute atomic E-state index is 12.5. The van der Waals surface area contributed by atoms with Crippen molar-refractivity contribution in [3.63, 3.8) is 0 Å². The molecule has 0 saturated heterocycles. The van der Waals surface area contributed by atoms with Crippen molar-refractivity contribution in [3.05, 3.63) is 81.5 Å². The van der Waals surface area contributed by atoms with Gasteiger partial charge in [0.15, 0.2) is 0 Å². The standard InChI is InChI=1S/C17H17ClN4O/c1-19-10-13-6-8-15(9-7-13)21-12-20-22(17(21)23)11-14-4-2-3-5-16(14)18/h2-9,12,19H,10-11H2,1H3. The summed E-state index contributed by atoms with van der Waals surface area (Å²) in [6, 6.07) is 15.3. The number of halogens is 1. The van der Waals surface area contributed by atoms with E-state index < -0.39 is 0 Å². The summed E-state index contributed by atoms with van der Waals surface area (Å²) >= 11 is 6.14. The van der Waals surface area contributed by atoms with E-state index in [0.29, 0.717) is 11.6 Å². The fourth-order valence-corrected chi connectivity index (χ4v) is 2.58. The predicted octanol–water partition coefficient (Wildman–Crippen LogP) is 2.46. The quantitative estimate of drug-likeness (QED) is 0.782. The Morgan fingerprint density at radius 2 is 1.87 bits per heavy atom. The summed E-state index contributed by atoms with van der Waals surface area (Å²) in [6.45, 7) is 1.14. The Kier molecular flexibility index (Phi) is 4.60. The third-order valence-corrected chi connectivity index (χ3v) is 3.98. The van der Waals surface area contributed by atoms with E-state index in [2.05, 4.69) is 10.4 Å². The number of hydrogen-bond donors (Lipinski definition) is 1. The molecule has 0 saturated carbocycles. The molecule has 0 amide bonds. The summed E-state index contributed by atoms with van der Waals surface area (Å²) in [5.74, 6) is 0. The Morgan fingerprint density at radius 3 is 2.57 bits per heavy atom. The molecule has 1 heterocycles. The smallest absolute Gasteiger partial charge is 0.316 e. The molecule has 23 heavy (non-hydrogen) atoms. The Labute approximate surface area is 139 Å².